The highest BCUT2D eigenvalue weighted by molar-refractivity contribution is 5.02. The molecule has 16 heavy (non-hydrogen) atoms. The lowest BCUT2D eigenvalue weighted by molar-refractivity contribution is 0.639. The highest BCUT2D eigenvalue weighted by Crippen LogP contribution is 1.96. The number of nitrogens with one attached hydrogen (secondary N) is 2. The molecule has 2 N–H and O–H groups in total. The maximum Gasteiger partial charge on any atom is 0.137 e. The van der Waals surface area contributed by atoms with Gasteiger partial charge in [0.05, 0.1) is 6.20 Å². The second kappa shape index (κ2) is 5.41. The highest BCUT2D eigenvalue weighted by atomic mass is 15.2. The first-order valence-electron chi connectivity index (χ1n) is 5.37. The number of aromatic nitrogens is 5. The summed E-state index contributed by atoms with van der Waals surface area (Å²) in [5.74, 6) is 0.947. The van der Waals surface area contributed by atoms with Crippen molar-refractivity contribution in [1.29, 1.82) is 0 Å². The third-order valence-electron chi connectivity index (χ3n) is 2.32. The largest absolute Gasteiger partial charge is 0.313 e. The van der Waals surface area contributed by atoms with E-state index < -0.39 is 0 Å². The second-order valence-corrected chi connectivity index (χ2v) is 3.73. The van der Waals surface area contributed by atoms with Crippen molar-refractivity contribution in [1.82, 2.24) is 30.3 Å². The molecule has 0 aliphatic carbocycles. The molecule has 0 saturated heterocycles. The Kier molecular flexibility index (Phi) is 3.66. The van der Waals surface area contributed by atoms with Gasteiger partial charge >= 0.3 is 0 Å². The molecule has 0 spiro atoms. The predicted octanol–water partition coefficient (Wildman–Crippen LogP) is 0.261. The summed E-state index contributed by atoms with van der Waals surface area (Å²) >= 11 is 0. The van der Waals surface area contributed by atoms with Crippen LogP contribution in [0.2, 0.25) is 0 Å². The van der Waals surface area contributed by atoms with Crippen LogP contribution in [0, 0.1) is 0 Å². The Labute approximate surface area is 94.1 Å². The Morgan fingerprint density at radius 3 is 3.12 bits per heavy atom. The minimum Gasteiger partial charge on any atom is -0.313 e. The van der Waals surface area contributed by atoms with Gasteiger partial charge in [0.25, 0.3) is 0 Å². The zero-order valence-corrected chi connectivity index (χ0v) is 9.35. The summed E-state index contributed by atoms with van der Waals surface area (Å²) < 4.78 is 1.81. The molecule has 0 aliphatic heterocycles. The molecule has 0 amide bonds. The molecule has 0 saturated carbocycles. The molecule has 86 valence electrons. The molecule has 0 radical (unpaired) electrons. The minimum atomic E-state index is 0.865. The van der Waals surface area contributed by atoms with Crippen molar-refractivity contribution in [2.75, 3.05) is 6.54 Å². The van der Waals surface area contributed by atoms with Gasteiger partial charge in [0.1, 0.15) is 12.2 Å². The van der Waals surface area contributed by atoms with Gasteiger partial charge in [-0.2, -0.15) is 10.2 Å². The molecule has 0 bridgehead atoms. The van der Waals surface area contributed by atoms with Crippen LogP contribution in [0.25, 0.3) is 0 Å². The summed E-state index contributed by atoms with van der Waals surface area (Å²) in [6.45, 7) is 1.83. The van der Waals surface area contributed by atoms with Crippen molar-refractivity contribution >= 4 is 0 Å². The summed E-state index contributed by atoms with van der Waals surface area (Å²) in [6.07, 6.45) is 7.42. The number of hydrogen-bond donors (Lipinski definition) is 2. The van der Waals surface area contributed by atoms with E-state index in [1.807, 2.05) is 24.1 Å². The maximum atomic E-state index is 4.11. The lowest BCUT2D eigenvalue weighted by Crippen LogP contribution is -2.15. The van der Waals surface area contributed by atoms with E-state index in [0.717, 1.165) is 31.8 Å². The molecule has 2 rings (SSSR count). The van der Waals surface area contributed by atoms with Gasteiger partial charge in [0.15, 0.2) is 0 Å². The van der Waals surface area contributed by atoms with Crippen molar-refractivity contribution < 1.29 is 0 Å². The summed E-state index contributed by atoms with van der Waals surface area (Å²) in [6, 6.07) is 0. The van der Waals surface area contributed by atoms with E-state index in [1.54, 1.807) is 6.33 Å². The van der Waals surface area contributed by atoms with E-state index in [0.29, 0.717) is 0 Å². The van der Waals surface area contributed by atoms with Gasteiger partial charge in [0.2, 0.25) is 0 Å². The molecule has 0 unspecified atom stereocenters. The van der Waals surface area contributed by atoms with E-state index in [9.17, 15) is 0 Å². The first-order valence-corrected chi connectivity index (χ1v) is 5.37. The second-order valence-electron chi connectivity index (χ2n) is 3.73. The van der Waals surface area contributed by atoms with Gasteiger partial charge in [-0.25, -0.2) is 4.98 Å². The fraction of sp³-hybridized carbons (Fsp3) is 0.500. The maximum absolute atomic E-state index is 4.11. The fourth-order valence-corrected chi connectivity index (χ4v) is 1.53. The lowest BCUT2D eigenvalue weighted by atomic mass is 10.3. The Balaban J connectivity index is 1.59. The van der Waals surface area contributed by atoms with Crippen LogP contribution >= 0.6 is 0 Å². The average molecular weight is 220 g/mol. The normalized spacial score (nSPS) is 10.8. The van der Waals surface area contributed by atoms with Crippen molar-refractivity contribution in [3.63, 3.8) is 0 Å². The van der Waals surface area contributed by atoms with Crippen LogP contribution < -0.4 is 5.32 Å². The van der Waals surface area contributed by atoms with Gasteiger partial charge in [-0.05, 0) is 13.0 Å². The predicted molar refractivity (Wildman–Crippen MR) is 59.6 cm³/mol. The molecule has 2 aromatic heterocycles. The third kappa shape index (κ3) is 3.16. The fourth-order valence-electron chi connectivity index (χ4n) is 1.53. The molecule has 6 heteroatoms. The van der Waals surface area contributed by atoms with Gasteiger partial charge in [-0.15, -0.1) is 0 Å². The molecule has 0 aliphatic rings. The average Bonchev–Trinajstić information content (AvgIpc) is 2.89. The van der Waals surface area contributed by atoms with Gasteiger partial charge < -0.3 is 5.32 Å². The van der Waals surface area contributed by atoms with Crippen LogP contribution in [-0.4, -0.2) is 31.5 Å². The molecule has 0 aromatic carbocycles. The Morgan fingerprint density at radius 2 is 2.44 bits per heavy atom. The molecule has 6 nitrogen and oxygen atoms in total. The molecule has 2 heterocycles. The zero-order valence-electron chi connectivity index (χ0n) is 9.35. The smallest absolute Gasteiger partial charge is 0.137 e. The first kappa shape index (κ1) is 10.8. The number of aromatic amines is 1. The monoisotopic (exact) mass is 220 g/mol. The van der Waals surface area contributed by atoms with Crippen molar-refractivity contribution in [2.24, 2.45) is 7.05 Å². The Hall–Kier alpha value is -1.69. The Morgan fingerprint density at radius 1 is 1.50 bits per heavy atom. The summed E-state index contributed by atoms with van der Waals surface area (Å²) in [7, 11) is 1.92. The number of H-pyrrole nitrogens is 1. The SMILES string of the molecule is Cn1cc(CNCCCc2ncn[nH]2)cn1. The number of rotatable bonds is 6. The molecular weight excluding hydrogens is 204 g/mol. The van der Waals surface area contributed by atoms with Gasteiger partial charge in [0, 0.05) is 31.8 Å². The Bertz CT molecular complexity index is 405. The highest BCUT2D eigenvalue weighted by Gasteiger charge is 1.97. The number of nitrogens with zero attached hydrogens (tertiary/aromatic N) is 4. The zero-order chi connectivity index (χ0) is 11.2. The first-order chi connectivity index (χ1) is 7.84. The number of hydrogen-bond acceptors (Lipinski definition) is 4. The van der Waals surface area contributed by atoms with E-state index in [2.05, 4.69) is 25.6 Å². The van der Waals surface area contributed by atoms with Crippen LogP contribution in [0.15, 0.2) is 18.7 Å². The standard InChI is InChI=1S/C10H16N6/c1-16-7-9(6-14-16)5-11-4-2-3-10-12-8-13-15-10/h6-8,11H,2-5H2,1H3,(H,12,13,15). The van der Waals surface area contributed by atoms with Crippen LogP contribution in [0.1, 0.15) is 17.8 Å². The van der Waals surface area contributed by atoms with E-state index in [-0.39, 0.29) is 0 Å². The van der Waals surface area contributed by atoms with E-state index >= 15 is 0 Å². The molecule has 0 fully saturated rings. The minimum absolute atomic E-state index is 0.865. The van der Waals surface area contributed by atoms with Crippen LogP contribution in [0.3, 0.4) is 0 Å². The van der Waals surface area contributed by atoms with Gasteiger partial charge in [-0.1, -0.05) is 0 Å². The summed E-state index contributed by atoms with van der Waals surface area (Å²) in [5.41, 5.74) is 1.21. The van der Waals surface area contributed by atoms with Crippen LogP contribution in [-0.2, 0) is 20.0 Å². The number of aryl methyl sites for hydroxylation is 2. The summed E-state index contributed by atoms with van der Waals surface area (Å²) in [5, 5.41) is 14.1. The quantitative estimate of drug-likeness (QED) is 0.685. The van der Waals surface area contributed by atoms with Crippen molar-refractivity contribution in [3.8, 4) is 0 Å². The van der Waals surface area contributed by atoms with Crippen LogP contribution in [0.4, 0.5) is 0 Å². The van der Waals surface area contributed by atoms with E-state index in [4.69, 9.17) is 0 Å². The molecular formula is C10H16N6. The topological polar surface area (TPSA) is 71.4 Å². The van der Waals surface area contributed by atoms with Crippen molar-refractivity contribution in [2.45, 2.75) is 19.4 Å². The molecule has 2 aromatic rings. The van der Waals surface area contributed by atoms with Gasteiger partial charge in [-0.3, -0.25) is 9.78 Å². The van der Waals surface area contributed by atoms with Crippen molar-refractivity contribution in [3.05, 3.63) is 30.1 Å². The molecule has 0 atom stereocenters. The third-order valence-corrected chi connectivity index (χ3v) is 2.32. The van der Waals surface area contributed by atoms with Crippen LogP contribution in [0.5, 0.6) is 0 Å². The lowest BCUT2D eigenvalue weighted by Gasteiger charge is -2.01. The summed E-state index contributed by atoms with van der Waals surface area (Å²) in [4.78, 5) is 4.07. The van der Waals surface area contributed by atoms with E-state index in [1.165, 1.54) is 5.56 Å².